The Morgan fingerprint density at radius 1 is 1.09 bits per heavy atom. The highest BCUT2D eigenvalue weighted by Gasteiger charge is 2.35. The number of nitrogens with one attached hydrogen (secondary N) is 1. The van der Waals surface area contributed by atoms with E-state index in [0.29, 0.717) is 12.2 Å². The van der Waals surface area contributed by atoms with Crippen molar-refractivity contribution in [1.29, 1.82) is 0 Å². The summed E-state index contributed by atoms with van der Waals surface area (Å²) >= 11 is 0. The van der Waals surface area contributed by atoms with Crippen molar-refractivity contribution in [3.8, 4) is 0 Å². The lowest BCUT2D eigenvalue weighted by atomic mass is 10.0. The quantitative estimate of drug-likeness (QED) is 0.100. The van der Waals surface area contributed by atoms with Gasteiger partial charge < -0.3 is 15.2 Å². The second-order valence-electron chi connectivity index (χ2n) is 9.81. The minimum atomic E-state index is -0.610. The van der Waals surface area contributed by atoms with Gasteiger partial charge in [0.15, 0.2) is 0 Å². The van der Waals surface area contributed by atoms with Crippen molar-refractivity contribution in [3.63, 3.8) is 0 Å². The Morgan fingerprint density at radius 2 is 1.66 bits per heavy atom. The van der Waals surface area contributed by atoms with Crippen LogP contribution in [0.15, 0.2) is 16.1 Å². The Bertz CT molecular complexity index is 824. The van der Waals surface area contributed by atoms with Gasteiger partial charge in [0.2, 0.25) is 0 Å². The van der Waals surface area contributed by atoms with Gasteiger partial charge >= 0.3 is 5.69 Å². The van der Waals surface area contributed by atoms with Crippen molar-refractivity contribution in [2.75, 3.05) is 18.5 Å². The number of aliphatic hydroxyl groups is 1. The number of aryl methyl sites for hydroxylation is 1. The predicted molar refractivity (Wildman–Crippen MR) is 141 cm³/mol. The summed E-state index contributed by atoms with van der Waals surface area (Å²) in [6.45, 7) is 4.70. The zero-order valence-electron chi connectivity index (χ0n) is 21.8. The van der Waals surface area contributed by atoms with Crippen molar-refractivity contribution in [2.45, 2.75) is 129 Å². The van der Waals surface area contributed by atoms with E-state index in [2.05, 4.69) is 27.3 Å². The molecule has 9 heteroatoms. The number of rotatable bonds is 19. The summed E-state index contributed by atoms with van der Waals surface area (Å²) in [5.74, 6) is 0.601. The van der Waals surface area contributed by atoms with Crippen LogP contribution in [0.3, 0.4) is 0 Å². The molecule has 1 aliphatic rings. The fourth-order valence-electron chi connectivity index (χ4n) is 4.72. The lowest BCUT2D eigenvalue weighted by Crippen LogP contribution is -2.29. The Morgan fingerprint density at radius 3 is 2.20 bits per heavy atom. The van der Waals surface area contributed by atoms with E-state index in [1.807, 2.05) is 6.92 Å². The lowest BCUT2D eigenvalue weighted by molar-refractivity contribution is -0.0270. The van der Waals surface area contributed by atoms with Crippen LogP contribution in [0.25, 0.3) is 10.4 Å². The molecular weight excluding hydrogens is 444 g/mol. The van der Waals surface area contributed by atoms with Crippen molar-refractivity contribution in [3.05, 3.63) is 32.7 Å². The molecule has 1 aromatic heterocycles. The molecule has 35 heavy (non-hydrogen) atoms. The van der Waals surface area contributed by atoms with Crippen LogP contribution in [-0.2, 0) is 4.74 Å². The smallest absolute Gasteiger partial charge is 0.351 e. The maximum absolute atomic E-state index is 12.6. The van der Waals surface area contributed by atoms with Gasteiger partial charge in [-0.1, -0.05) is 95.5 Å². The van der Waals surface area contributed by atoms with E-state index in [1.165, 1.54) is 88.0 Å². The van der Waals surface area contributed by atoms with Crippen LogP contribution in [0.2, 0.25) is 0 Å². The average molecular weight is 491 g/mol. The molecule has 198 valence electrons. The van der Waals surface area contributed by atoms with Gasteiger partial charge in [0.25, 0.3) is 0 Å². The van der Waals surface area contributed by atoms with Crippen molar-refractivity contribution < 1.29 is 9.84 Å². The molecular formula is C26H46N6O3. The number of azide groups is 1. The van der Waals surface area contributed by atoms with Gasteiger partial charge in [0.05, 0.1) is 18.8 Å². The third-order valence-electron chi connectivity index (χ3n) is 6.85. The fourth-order valence-corrected chi connectivity index (χ4v) is 4.72. The van der Waals surface area contributed by atoms with E-state index in [1.54, 1.807) is 6.20 Å². The fraction of sp³-hybridized carbons (Fsp3) is 0.846. The molecule has 0 bridgehead atoms. The molecule has 0 amide bonds. The van der Waals surface area contributed by atoms with Gasteiger partial charge in [-0.25, -0.2) is 4.79 Å². The highest BCUT2D eigenvalue weighted by molar-refractivity contribution is 5.41. The molecule has 1 aliphatic heterocycles. The number of nitrogens with zero attached hydrogens (tertiary/aromatic N) is 5. The van der Waals surface area contributed by atoms with Crippen LogP contribution in [0.4, 0.5) is 5.82 Å². The third kappa shape index (κ3) is 10.6. The summed E-state index contributed by atoms with van der Waals surface area (Å²) < 4.78 is 7.13. The molecule has 0 unspecified atom stereocenters. The molecule has 0 saturated carbocycles. The third-order valence-corrected chi connectivity index (χ3v) is 6.85. The number of hydrogen-bond donors (Lipinski definition) is 2. The van der Waals surface area contributed by atoms with Crippen LogP contribution >= 0.6 is 0 Å². The van der Waals surface area contributed by atoms with Gasteiger partial charge in [0, 0.05) is 29.6 Å². The summed E-state index contributed by atoms with van der Waals surface area (Å²) in [5, 5.41) is 16.4. The second kappa shape index (κ2) is 17.4. The Kier molecular flexibility index (Phi) is 14.5. The van der Waals surface area contributed by atoms with Gasteiger partial charge in [-0.2, -0.15) is 4.98 Å². The lowest BCUT2D eigenvalue weighted by Gasteiger charge is -2.16. The monoisotopic (exact) mass is 490 g/mol. The second-order valence-corrected chi connectivity index (χ2v) is 9.81. The van der Waals surface area contributed by atoms with Gasteiger partial charge in [-0.05, 0) is 18.9 Å². The van der Waals surface area contributed by atoms with Crippen LogP contribution in [0.5, 0.6) is 0 Å². The molecule has 0 aliphatic carbocycles. The minimum absolute atomic E-state index is 0.264. The average Bonchev–Trinajstić information content (AvgIpc) is 3.26. The van der Waals surface area contributed by atoms with Crippen LogP contribution in [0, 0.1) is 6.92 Å². The normalized spacial score (nSPS) is 19.6. The molecule has 1 aromatic rings. The summed E-state index contributed by atoms with van der Waals surface area (Å²) in [4.78, 5) is 19.6. The van der Waals surface area contributed by atoms with E-state index >= 15 is 0 Å². The van der Waals surface area contributed by atoms with Gasteiger partial charge in [-0.15, -0.1) is 0 Å². The van der Waals surface area contributed by atoms with E-state index in [4.69, 9.17) is 10.3 Å². The van der Waals surface area contributed by atoms with Crippen molar-refractivity contribution in [2.24, 2.45) is 5.11 Å². The molecule has 0 radical (unpaired) electrons. The largest absolute Gasteiger partial charge is 0.394 e. The molecule has 1 saturated heterocycles. The van der Waals surface area contributed by atoms with Crippen LogP contribution < -0.4 is 11.0 Å². The number of anilines is 1. The van der Waals surface area contributed by atoms with Crippen LogP contribution in [-0.4, -0.2) is 40.0 Å². The number of aliphatic hydroxyl groups excluding tert-OH is 1. The zero-order valence-corrected chi connectivity index (χ0v) is 21.8. The maximum atomic E-state index is 12.6. The summed E-state index contributed by atoms with van der Waals surface area (Å²) in [6, 6.07) is -0.500. The first-order valence-electron chi connectivity index (χ1n) is 13.7. The Labute approximate surface area is 210 Å². The number of aromatic nitrogens is 2. The number of hydrogen-bond acceptors (Lipinski definition) is 6. The first-order chi connectivity index (χ1) is 17.1. The molecule has 2 heterocycles. The Hall–Kier alpha value is -2.09. The molecule has 0 spiro atoms. The van der Waals surface area contributed by atoms with E-state index in [-0.39, 0.29) is 6.61 Å². The molecule has 3 atom stereocenters. The highest BCUT2D eigenvalue weighted by Crippen LogP contribution is 2.30. The minimum Gasteiger partial charge on any atom is -0.394 e. The zero-order chi connectivity index (χ0) is 25.3. The maximum Gasteiger partial charge on any atom is 0.351 e. The first kappa shape index (κ1) is 29.1. The topological polar surface area (TPSA) is 125 Å². The van der Waals surface area contributed by atoms with Crippen molar-refractivity contribution >= 4 is 5.82 Å². The standard InChI is InChI=1S/C26H46N6O3/c1-3-4-5-6-7-8-9-10-11-12-13-14-15-16-17-28-25-21(2)19-32(26(34)29-25)24-18-22(30-31-27)23(20-33)35-24/h19,22-24,33H,3-18,20H2,1-2H3,(H,28,29,34)/t22-,23+,24+/m0/s1. The Balaban J connectivity index is 1.59. The highest BCUT2D eigenvalue weighted by atomic mass is 16.5. The molecule has 9 nitrogen and oxygen atoms in total. The summed E-state index contributed by atoms with van der Waals surface area (Å²) in [5.41, 5.74) is 9.13. The van der Waals surface area contributed by atoms with Crippen molar-refractivity contribution in [1.82, 2.24) is 9.55 Å². The number of ether oxygens (including phenoxy) is 1. The van der Waals surface area contributed by atoms with E-state index in [0.717, 1.165) is 18.5 Å². The van der Waals surface area contributed by atoms with E-state index in [9.17, 15) is 9.90 Å². The predicted octanol–water partition coefficient (Wildman–Crippen LogP) is 6.40. The van der Waals surface area contributed by atoms with Gasteiger partial charge in [0.1, 0.15) is 12.0 Å². The molecule has 1 fully saturated rings. The summed E-state index contributed by atoms with van der Waals surface area (Å²) in [6.07, 6.45) is 19.5. The molecule has 0 aromatic carbocycles. The van der Waals surface area contributed by atoms with Crippen LogP contribution in [0.1, 0.15) is 115 Å². The first-order valence-corrected chi connectivity index (χ1v) is 13.7. The summed E-state index contributed by atoms with van der Waals surface area (Å²) in [7, 11) is 0. The van der Waals surface area contributed by atoms with E-state index < -0.39 is 24.1 Å². The molecule has 2 rings (SSSR count). The molecule has 2 N–H and O–H groups in total. The van der Waals surface area contributed by atoms with Gasteiger partial charge in [-0.3, -0.25) is 4.57 Å². The SMILES string of the molecule is CCCCCCCCCCCCCCCCNc1nc(=O)n([C@H]2C[C@H](N=[N+]=[N-])[C@@H](CO)O2)cc1C. The number of unbranched alkanes of at least 4 members (excludes halogenated alkanes) is 13.